The summed E-state index contributed by atoms with van der Waals surface area (Å²) in [6, 6.07) is 22.0. The summed E-state index contributed by atoms with van der Waals surface area (Å²) in [4.78, 5) is 33.7. The molecule has 2 aliphatic heterocycles. The fourth-order valence-electron chi connectivity index (χ4n) is 6.15. The second-order valence-electron chi connectivity index (χ2n) is 13.3. The number of hydrogen-bond acceptors (Lipinski definition) is 16. The Bertz CT molecular complexity index is 1970. The van der Waals surface area contributed by atoms with Crippen LogP contribution in [0.5, 0.6) is 0 Å². The van der Waals surface area contributed by atoms with Crippen molar-refractivity contribution in [2.75, 3.05) is 61.9 Å². The standard InChI is InChI=1S/2C20H23N5O3/c1-12-4-3-5-14(8-12)23-19-18(20(26)27-2)13(10-21)9-17(25-19)24-16-6-7-28-11-15(16)22;1-12-4-3-5-14(8-12)23-19-18(20(26)27-2)13(10-21)9-17(25-19)24-16-11-28-7-6-15(16)22/h2*3-5,8-9,15-16H,6-7,11,22H2,1-2H3,(H2,23,24,25)/t2*15-,16+/m01/s1. The molecule has 2 aromatic carbocycles. The predicted octanol–water partition coefficient (Wildman–Crippen LogP) is 4.64. The van der Waals surface area contributed by atoms with Crippen molar-refractivity contribution >= 4 is 46.6 Å². The molecule has 0 bridgehead atoms. The van der Waals surface area contributed by atoms with Crippen molar-refractivity contribution in [1.29, 1.82) is 10.5 Å². The van der Waals surface area contributed by atoms with Gasteiger partial charge in [-0.15, -0.1) is 0 Å². The zero-order valence-electron chi connectivity index (χ0n) is 31.7. The lowest BCUT2D eigenvalue weighted by Crippen LogP contribution is -2.47. The smallest absolute Gasteiger partial charge is 0.343 e. The fraction of sp³-hybridized carbons (Fsp3) is 0.350. The Morgan fingerprint density at radius 2 is 1.20 bits per heavy atom. The average molecular weight is 763 g/mol. The Labute approximate surface area is 325 Å². The van der Waals surface area contributed by atoms with Gasteiger partial charge >= 0.3 is 11.9 Å². The molecule has 4 aromatic rings. The van der Waals surface area contributed by atoms with E-state index in [0.29, 0.717) is 38.1 Å². The van der Waals surface area contributed by atoms with Gasteiger partial charge in [-0.2, -0.15) is 10.5 Å². The van der Waals surface area contributed by atoms with E-state index in [1.165, 1.54) is 26.4 Å². The zero-order chi connectivity index (χ0) is 40.2. The van der Waals surface area contributed by atoms with Crippen LogP contribution in [0.25, 0.3) is 0 Å². The average Bonchev–Trinajstić information content (AvgIpc) is 3.19. The van der Waals surface area contributed by atoms with Gasteiger partial charge in [-0.3, -0.25) is 0 Å². The number of nitriles is 2. The van der Waals surface area contributed by atoms with Gasteiger partial charge < -0.3 is 51.7 Å². The van der Waals surface area contributed by atoms with Crippen LogP contribution in [-0.4, -0.2) is 86.7 Å². The molecule has 0 spiro atoms. The molecule has 0 saturated carbocycles. The van der Waals surface area contributed by atoms with E-state index < -0.39 is 11.9 Å². The van der Waals surface area contributed by atoms with Crippen molar-refractivity contribution < 1.29 is 28.5 Å². The molecule has 2 aromatic heterocycles. The summed E-state index contributed by atoms with van der Waals surface area (Å²) in [5.41, 5.74) is 16.3. The molecule has 2 saturated heterocycles. The van der Waals surface area contributed by atoms with Crippen molar-refractivity contribution in [2.24, 2.45) is 11.5 Å². The summed E-state index contributed by atoms with van der Waals surface area (Å²) in [6.07, 6.45) is 1.46. The summed E-state index contributed by atoms with van der Waals surface area (Å²) in [6.45, 7) is 6.05. The molecule has 16 nitrogen and oxygen atoms in total. The van der Waals surface area contributed by atoms with Gasteiger partial charge in [0.15, 0.2) is 0 Å². The van der Waals surface area contributed by atoms with Crippen LogP contribution < -0.4 is 32.7 Å². The number of nitrogens with zero attached hydrogens (tertiary/aromatic N) is 4. The molecule has 0 amide bonds. The maximum absolute atomic E-state index is 12.3. The lowest BCUT2D eigenvalue weighted by Gasteiger charge is -2.30. The highest BCUT2D eigenvalue weighted by Crippen LogP contribution is 2.29. The highest BCUT2D eigenvalue weighted by atomic mass is 16.5. The number of anilines is 6. The summed E-state index contributed by atoms with van der Waals surface area (Å²) in [5, 5.41) is 31.9. The molecule has 16 heteroatoms. The molecule has 4 heterocycles. The predicted molar refractivity (Wildman–Crippen MR) is 211 cm³/mol. The topological polar surface area (TPSA) is 245 Å². The van der Waals surface area contributed by atoms with Crippen molar-refractivity contribution in [1.82, 2.24) is 9.97 Å². The molecule has 0 aliphatic carbocycles. The third-order valence-corrected chi connectivity index (χ3v) is 9.10. The van der Waals surface area contributed by atoms with E-state index in [1.54, 1.807) is 0 Å². The van der Waals surface area contributed by atoms with Crippen molar-refractivity contribution in [2.45, 2.75) is 50.9 Å². The first-order chi connectivity index (χ1) is 27.0. The van der Waals surface area contributed by atoms with Crippen molar-refractivity contribution in [3.63, 3.8) is 0 Å². The fourth-order valence-corrected chi connectivity index (χ4v) is 6.15. The van der Waals surface area contributed by atoms with Crippen LogP contribution in [0.4, 0.5) is 34.6 Å². The molecule has 0 radical (unpaired) electrons. The summed E-state index contributed by atoms with van der Waals surface area (Å²) < 4.78 is 20.6. The molecular weight excluding hydrogens is 717 g/mol. The number of methoxy groups -OCH3 is 2. The first kappa shape index (κ1) is 40.9. The third-order valence-electron chi connectivity index (χ3n) is 9.10. The quantitative estimate of drug-likeness (QED) is 0.121. The van der Waals surface area contributed by atoms with E-state index in [1.807, 2.05) is 62.4 Å². The molecule has 56 heavy (non-hydrogen) atoms. The zero-order valence-corrected chi connectivity index (χ0v) is 31.7. The SMILES string of the molecule is COC(=O)c1c(C#N)cc(N[C@@H]2CCOC[C@@H]2N)nc1Nc1cccc(C)c1.COC(=O)c1c(C#N)cc(N[C@H]2COCC[C@H]2N)nc1Nc1cccc(C)c1. The lowest BCUT2D eigenvalue weighted by atomic mass is 10.0. The van der Waals surface area contributed by atoms with E-state index in [9.17, 15) is 20.1 Å². The number of carbonyl (C=O) groups is 2. The van der Waals surface area contributed by atoms with Crippen molar-refractivity contribution in [3.05, 3.63) is 94.0 Å². The molecule has 2 fully saturated rings. The molecule has 292 valence electrons. The van der Waals surface area contributed by atoms with Gasteiger partial charge in [-0.1, -0.05) is 24.3 Å². The van der Waals surface area contributed by atoms with E-state index >= 15 is 0 Å². The Balaban J connectivity index is 0.000000214. The van der Waals surface area contributed by atoms with Crippen LogP contribution in [0.2, 0.25) is 0 Å². The number of nitrogens with one attached hydrogen (secondary N) is 4. The monoisotopic (exact) mass is 762 g/mol. The van der Waals surface area contributed by atoms with Gasteiger partial charge in [-0.25, -0.2) is 19.6 Å². The lowest BCUT2D eigenvalue weighted by molar-refractivity contribution is 0.0592. The van der Waals surface area contributed by atoms with E-state index in [4.69, 9.17) is 30.4 Å². The number of rotatable bonds is 10. The Morgan fingerprint density at radius 1 is 0.714 bits per heavy atom. The first-order valence-corrected chi connectivity index (χ1v) is 18.0. The largest absolute Gasteiger partial charge is 0.465 e. The minimum Gasteiger partial charge on any atom is -0.465 e. The number of aromatic nitrogens is 2. The second kappa shape index (κ2) is 19.3. The van der Waals surface area contributed by atoms with Crippen LogP contribution in [0.15, 0.2) is 60.7 Å². The van der Waals surface area contributed by atoms with E-state index in [0.717, 1.165) is 35.3 Å². The minimum absolute atomic E-state index is 0.0383. The van der Waals surface area contributed by atoms with E-state index in [2.05, 4.69) is 43.4 Å². The number of ether oxygens (including phenoxy) is 4. The number of hydrogen-bond donors (Lipinski definition) is 6. The molecule has 2 aliphatic rings. The Morgan fingerprint density at radius 3 is 1.64 bits per heavy atom. The van der Waals surface area contributed by atoms with E-state index in [-0.39, 0.29) is 58.1 Å². The molecule has 0 unspecified atom stereocenters. The number of carbonyl (C=O) groups excluding carboxylic acids is 2. The van der Waals surface area contributed by atoms with Gasteiger partial charge in [0.2, 0.25) is 0 Å². The number of nitrogens with two attached hydrogens (primary N) is 2. The molecule has 8 N–H and O–H groups in total. The van der Waals surface area contributed by atoms with Crippen LogP contribution in [0, 0.1) is 36.5 Å². The van der Waals surface area contributed by atoms with Crippen LogP contribution >= 0.6 is 0 Å². The van der Waals surface area contributed by atoms with Crippen LogP contribution in [0.3, 0.4) is 0 Å². The molecule has 6 rings (SSSR count). The van der Waals surface area contributed by atoms with Gasteiger partial charge in [0, 0.05) is 42.7 Å². The minimum atomic E-state index is -0.636. The third kappa shape index (κ3) is 10.5. The first-order valence-electron chi connectivity index (χ1n) is 18.0. The highest BCUT2D eigenvalue weighted by Gasteiger charge is 2.27. The summed E-state index contributed by atoms with van der Waals surface area (Å²) in [7, 11) is 2.54. The van der Waals surface area contributed by atoms with Crippen LogP contribution in [0.1, 0.15) is 55.8 Å². The van der Waals surface area contributed by atoms with Gasteiger partial charge in [0.05, 0.1) is 44.6 Å². The van der Waals surface area contributed by atoms with Gasteiger partial charge in [0.25, 0.3) is 0 Å². The maximum Gasteiger partial charge on any atom is 0.343 e. The Hall–Kier alpha value is -6.30. The maximum atomic E-state index is 12.3. The van der Waals surface area contributed by atoms with Crippen LogP contribution in [-0.2, 0) is 18.9 Å². The normalized spacial score (nSPS) is 18.8. The Kier molecular flexibility index (Phi) is 14.1. The number of benzene rings is 2. The molecule has 4 atom stereocenters. The van der Waals surface area contributed by atoms with Gasteiger partial charge in [-0.05, 0) is 74.2 Å². The second-order valence-corrected chi connectivity index (χ2v) is 13.3. The number of pyridine rings is 2. The molecular formula is C40H46N10O6. The highest BCUT2D eigenvalue weighted by molar-refractivity contribution is 5.99. The van der Waals surface area contributed by atoms with Crippen molar-refractivity contribution in [3.8, 4) is 12.1 Å². The summed E-state index contributed by atoms with van der Waals surface area (Å²) >= 11 is 0. The van der Waals surface area contributed by atoms with Gasteiger partial charge in [0.1, 0.15) is 46.5 Å². The number of esters is 2. The summed E-state index contributed by atoms with van der Waals surface area (Å²) in [5.74, 6) is 0.118. The number of aryl methyl sites for hydroxylation is 2.